The largest absolute Gasteiger partial charge is 0.481 e. The van der Waals surface area contributed by atoms with Gasteiger partial charge in [0.25, 0.3) is 0 Å². The maximum Gasteiger partial charge on any atom is 0.312 e. The van der Waals surface area contributed by atoms with Crippen LogP contribution in [0.2, 0.25) is 0 Å². The average Bonchev–Trinajstić information content (AvgIpc) is 2.45. The van der Waals surface area contributed by atoms with Crippen molar-refractivity contribution in [1.82, 2.24) is 4.90 Å². The number of hydrogen-bond donors (Lipinski definition) is 1. The molecule has 1 aliphatic heterocycles. The maximum atomic E-state index is 12.6. The molecule has 1 unspecified atom stereocenters. The Morgan fingerprint density at radius 3 is 2.60 bits per heavy atom. The molecule has 1 aliphatic rings. The van der Waals surface area contributed by atoms with E-state index in [-0.39, 0.29) is 12.5 Å². The first-order valence-electron chi connectivity index (χ1n) is 6.97. The van der Waals surface area contributed by atoms with E-state index in [4.69, 9.17) is 0 Å². The number of hydrogen-bond acceptors (Lipinski definition) is 2. The van der Waals surface area contributed by atoms with Crippen LogP contribution >= 0.6 is 0 Å². The van der Waals surface area contributed by atoms with Crippen LogP contribution in [0.1, 0.15) is 44.2 Å². The Morgan fingerprint density at radius 2 is 2.00 bits per heavy atom. The molecular formula is C16H21NO3. The molecule has 0 radical (unpaired) electrons. The predicted molar refractivity (Wildman–Crippen MR) is 76.3 cm³/mol. The van der Waals surface area contributed by atoms with Gasteiger partial charge in [-0.3, -0.25) is 9.59 Å². The van der Waals surface area contributed by atoms with Gasteiger partial charge in [0.05, 0.1) is 5.92 Å². The van der Waals surface area contributed by atoms with Crippen LogP contribution in [0, 0.1) is 5.41 Å². The zero-order valence-electron chi connectivity index (χ0n) is 12.2. The lowest BCUT2D eigenvalue weighted by atomic mass is 9.85. The zero-order chi connectivity index (χ0) is 14.9. The van der Waals surface area contributed by atoms with Crippen LogP contribution in [0.5, 0.6) is 0 Å². The molecule has 0 fully saturated rings. The smallest absolute Gasteiger partial charge is 0.312 e. The Kier molecular flexibility index (Phi) is 3.84. The molecule has 0 bridgehead atoms. The van der Waals surface area contributed by atoms with Gasteiger partial charge in [-0.1, -0.05) is 45.0 Å². The number of nitrogens with zero attached hydrogens (tertiary/aromatic N) is 1. The molecule has 2 rings (SSSR count). The van der Waals surface area contributed by atoms with E-state index in [1.54, 1.807) is 4.90 Å². The van der Waals surface area contributed by atoms with Crippen molar-refractivity contribution in [2.24, 2.45) is 5.41 Å². The first-order valence-corrected chi connectivity index (χ1v) is 6.97. The van der Waals surface area contributed by atoms with E-state index < -0.39 is 17.3 Å². The van der Waals surface area contributed by atoms with Gasteiger partial charge in [-0.15, -0.1) is 0 Å². The molecule has 0 saturated heterocycles. The molecule has 1 atom stereocenters. The minimum Gasteiger partial charge on any atom is -0.481 e. The topological polar surface area (TPSA) is 57.6 Å². The maximum absolute atomic E-state index is 12.6. The van der Waals surface area contributed by atoms with E-state index >= 15 is 0 Å². The molecule has 0 aromatic heterocycles. The summed E-state index contributed by atoms with van der Waals surface area (Å²) < 4.78 is 0. The highest BCUT2D eigenvalue weighted by Gasteiger charge is 2.37. The summed E-state index contributed by atoms with van der Waals surface area (Å²) in [7, 11) is 0. The van der Waals surface area contributed by atoms with E-state index in [1.807, 2.05) is 45.0 Å². The molecule has 1 N–H and O–H groups in total. The Labute approximate surface area is 119 Å². The summed E-state index contributed by atoms with van der Waals surface area (Å²) in [6, 6.07) is 7.49. The molecule has 0 saturated carbocycles. The summed E-state index contributed by atoms with van der Waals surface area (Å²) in [5, 5.41) is 9.41. The van der Waals surface area contributed by atoms with Crippen molar-refractivity contribution in [3.8, 4) is 0 Å². The molecule has 0 aliphatic carbocycles. The summed E-state index contributed by atoms with van der Waals surface area (Å²) >= 11 is 0. The Morgan fingerprint density at radius 1 is 1.35 bits per heavy atom. The zero-order valence-corrected chi connectivity index (χ0v) is 12.2. The Balaban J connectivity index is 2.34. The molecule has 20 heavy (non-hydrogen) atoms. The SMILES string of the molecule is CCC(C)(C)C(=O)N1Cc2ccccc2C(C(=O)O)C1. The van der Waals surface area contributed by atoms with Crippen molar-refractivity contribution < 1.29 is 14.7 Å². The van der Waals surface area contributed by atoms with Gasteiger partial charge < -0.3 is 10.0 Å². The van der Waals surface area contributed by atoms with Crippen molar-refractivity contribution in [2.75, 3.05) is 6.54 Å². The summed E-state index contributed by atoms with van der Waals surface area (Å²) in [6.45, 7) is 6.55. The molecule has 1 amide bonds. The van der Waals surface area contributed by atoms with Crippen LogP contribution in [-0.4, -0.2) is 28.4 Å². The van der Waals surface area contributed by atoms with Gasteiger partial charge in [0, 0.05) is 18.5 Å². The number of amides is 1. The van der Waals surface area contributed by atoms with Gasteiger partial charge in [-0.25, -0.2) is 0 Å². The van der Waals surface area contributed by atoms with Crippen molar-refractivity contribution >= 4 is 11.9 Å². The van der Waals surface area contributed by atoms with Gasteiger partial charge in [0.15, 0.2) is 0 Å². The summed E-state index contributed by atoms with van der Waals surface area (Å²) in [5.74, 6) is -1.47. The number of aliphatic carboxylic acids is 1. The molecule has 1 aromatic carbocycles. The lowest BCUT2D eigenvalue weighted by molar-refractivity contribution is -0.145. The second-order valence-electron chi connectivity index (χ2n) is 6.01. The number of benzene rings is 1. The second-order valence-corrected chi connectivity index (χ2v) is 6.01. The number of carboxylic acid groups (broad SMARTS) is 1. The van der Waals surface area contributed by atoms with Crippen LogP contribution in [0.3, 0.4) is 0 Å². The van der Waals surface area contributed by atoms with E-state index in [1.165, 1.54) is 0 Å². The van der Waals surface area contributed by atoms with Crippen molar-refractivity contribution in [3.63, 3.8) is 0 Å². The highest BCUT2D eigenvalue weighted by molar-refractivity contribution is 5.84. The van der Waals surface area contributed by atoms with Crippen LogP contribution in [0.15, 0.2) is 24.3 Å². The van der Waals surface area contributed by atoms with Gasteiger partial charge in [-0.2, -0.15) is 0 Å². The normalized spacial score (nSPS) is 18.6. The fourth-order valence-electron chi connectivity index (χ4n) is 2.55. The van der Waals surface area contributed by atoms with Crippen molar-refractivity contribution in [3.05, 3.63) is 35.4 Å². The predicted octanol–water partition coefficient (Wildman–Crippen LogP) is 2.63. The first kappa shape index (κ1) is 14.6. The third-order valence-corrected chi connectivity index (χ3v) is 4.24. The highest BCUT2D eigenvalue weighted by Crippen LogP contribution is 2.32. The van der Waals surface area contributed by atoms with Crippen LogP contribution in [0.4, 0.5) is 0 Å². The summed E-state index contributed by atoms with van der Waals surface area (Å²) in [6.07, 6.45) is 0.738. The third-order valence-electron chi connectivity index (χ3n) is 4.24. The molecule has 1 aromatic rings. The third kappa shape index (κ3) is 2.55. The Hall–Kier alpha value is -1.84. The van der Waals surface area contributed by atoms with Crippen molar-refractivity contribution in [1.29, 1.82) is 0 Å². The van der Waals surface area contributed by atoms with Crippen LogP contribution in [-0.2, 0) is 16.1 Å². The molecule has 4 nitrogen and oxygen atoms in total. The van der Waals surface area contributed by atoms with E-state index in [0.29, 0.717) is 6.54 Å². The molecule has 108 valence electrons. The number of carboxylic acids is 1. The van der Waals surface area contributed by atoms with E-state index in [9.17, 15) is 14.7 Å². The standard InChI is InChI=1S/C16H21NO3/c1-4-16(2,3)15(20)17-9-11-7-5-6-8-12(11)13(10-17)14(18)19/h5-8,13H,4,9-10H2,1-3H3,(H,18,19). The summed E-state index contributed by atoms with van der Waals surface area (Å²) in [4.78, 5) is 25.7. The lowest BCUT2D eigenvalue weighted by Crippen LogP contribution is -2.46. The number of fused-ring (bicyclic) bond motifs is 1. The monoisotopic (exact) mass is 275 g/mol. The van der Waals surface area contributed by atoms with Gasteiger partial charge in [0.2, 0.25) is 5.91 Å². The molecule has 1 heterocycles. The summed E-state index contributed by atoms with van der Waals surface area (Å²) in [5.41, 5.74) is 1.32. The van der Waals surface area contributed by atoms with E-state index in [0.717, 1.165) is 17.5 Å². The molecule has 0 spiro atoms. The van der Waals surface area contributed by atoms with Crippen LogP contribution in [0.25, 0.3) is 0 Å². The first-order chi connectivity index (χ1) is 9.36. The van der Waals surface area contributed by atoms with Crippen LogP contribution < -0.4 is 0 Å². The fraction of sp³-hybridized carbons (Fsp3) is 0.500. The minimum absolute atomic E-state index is 0.0285. The highest BCUT2D eigenvalue weighted by atomic mass is 16.4. The number of carbonyl (C=O) groups is 2. The lowest BCUT2D eigenvalue weighted by Gasteiger charge is -2.37. The van der Waals surface area contributed by atoms with Gasteiger partial charge >= 0.3 is 5.97 Å². The minimum atomic E-state index is -0.871. The quantitative estimate of drug-likeness (QED) is 0.922. The molecular weight excluding hydrogens is 254 g/mol. The fourth-order valence-corrected chi connectivity index (χ4v) is 2.55. The average molecular weight is 275 g/mol. The second kappa shape index (κ2) is 5.27. The van der Waals surface area contributed by atoms with E-state index in [2.05, 4.69) is 0 Å². The number of carbonyl (C=O) groups excluding carboxylic acids is 1. The number of rotatable bonds is 3. The molecule has 4 heteroatoms. The van der Waals surface area contributed by atoms with Gasteiger partial charge in [0.1, 0.15) is 0 Å². The van der Waals surface area contributed by atoms with Gasteiger partial charge in [-0.05, 0) is 17.5 Å². The Bertz CT molecular complexity index is 536. The van der Waals surface area contributed by atoms with Crippen molar-refractivity contribution in [2.45, 2.75) is 39.7 Å².